The van der Waals surface area contributed by atoms with E-state index in [2.05, 4.69) is 12.2 Å². The lowest BCUT2D eigenvalue weighted by atomic mass is 9.88. The number of carbonyl (C=O) groups is 4. The van der Waals surface area contributed by atoms with Gasteiger partial charge >= 0.3 is 5.97 Å². The Hall–Kier alpha value is -2.28. The summed E-state index contributed by atoms with van der Waals surface area (Å²) in [6.45, 7) is 0.380. The number of amides is 1. The molecule has 1 amide bonds. The first-order valence-electron chi connectivity index (χ1n) is 16.1. The normalized spacial score (nSPS) is 31.4. The second-order valence-electron chi connectivity index (χ2n) is 12.2. The topological polar surface area (TPSA) is 90.0 Å². The average Bonchev–Trinajstić information content (AvgIpc) is 2.98. The van der Waals surface area contributed by atoms with Crippen molar-refractivity contribution in [3.63, 3.8) is 0 Å². The number of rotatable bonds is 2. The van der Waals surface area contributed by atoms with Crippen molar-refractivity contribution in [1.29, 1.82) is 0 Å². The van der Waals surface area contributed by atoms with E-state index in [4.69, 9.17) is 9.47 Å². The van der Waals surface area contributed by atoms with Gasteiger partial charge in [0.1, 0.15) is 24.0 Å². The summed E-state index contributed by atoms with van der Waals surface area (Å²) < 4.78 is 12.1. The third kappa shape index (κ3) is 9.39. The monoisotopic (exact) mass is 555 g/mol. The van der Waals surface area contributed by atoms with Gasteiger partial charge in [-0.3, -0.25) is 14.4 Å². The Morgan fingerprint density at radius 2 is 1.50 bits per heavy atom. The molecule has 0 radical (unpaired) electrons. The van der Waals surface area contributed by atoms with Gasteiger partial charge in [-0.25, -0.2) is 4.79 Å². The van der Waals surface area contributed by atoms with Crippen LogP contribution in [0.2, 0.25) is 0 Å². The highest BCUT2D eigenvalue weighted by atomic mass is 16.5. The Kier molecular flexibility index (Phi) is 12.4. The molecule has 4 unspecified atom stereocenters. The van der Waals surface area contributed by atoms with E-state index in [1.165, 1.54) is 24.2 Å². The lowest BCUT2D eigenvalue weighted by molar-refractivity contribution is -0.165. The van der Waals surface area contributed by atoms with E-state index < -0.39 is 35.9 Å². The molecule has 0 spiro atoms. The number of Topliss-reactive ketones (excluding diaryl/α,β-unsaturated/α-hetero) is 2. The van der Waals surface area contributed by atoms with E-state index in [9.17, 15) is 19.2 Å². The molecule has 222 valence electrons. The van der Waals surface area contributed by atoms with Crippen molar-refractivity contribution >= 4 is 23.4 Å². The summed E-state index contributed by atoms with van der Waals surface area (Å²) in [4.78, 5) is 54.1. The summed E-state index contributed by atoms with van der Waals surface area (Å²) in [7, 11) is 0. The molecule has 3 fully saturated rings. The molecular formula is C33H49NO6. The summed E-state index contributed by atoms with van der Waals surface area (Å²) in [5.41, 5.74) is 0. The lowest BCUT2D eigenvalue weighted by Crippen LogP contribution is -2.54. The highest BCUT2D eigenvalue weighted by Crippen LogP contribution is 2.28. The molecule has 0 N–H and O–H groups in total. The van der Waals surface area contributed by atoms with Gasteiger partial charge in [0.25, 0.3) is 5.91 Å². The molecule has 0 aromatic rings. The quantitative estimate of drug-likeness (QED) is 0.230. The Labute approximate surface area is 240 Å². The fourth-order valence-corrected chi connectivity index (χ4v) is 6.60. The van der Waals surface area contributed by atoms with Crippen LogP contribution in [-0.4, -0.2) is 59.2 Å². The standard InChI is InChI=1S/C33H49NO6/c35-26-15-7-2-1-3-8-17-27-19-12-21-30(39-27)31(36)32(37)34-24-10-9-20-29(34)33(38)40-28(18-11-16-26)23-22-25-13-5-4-6-14-25/h2,7,22-23,25,27-30H,1,3-6,8-21,24H2. The van der Waals surface area contributed by atoms with Gasteiger partial charge in [0.2, 0.25) is 5.78 Å². The van der Waals surface area contributed by atoms with E-state index in [-0.39, 0.29) is 11.9 Å². The molecule has 7 heteroatoms. The number of cyclic esters (lactones) is 1. The van der Waals surface area contributed by atoms with Crippen LogP contribution in [0.25, 0.3) is 0 Å². The van der Waals surface area contributed by atoms with Crippen molar-refractivity contribution in [1.82, 2.24) is 4.90 Å². The molecule has 4 atom stereocenters. The van der Waals surface area contributed by atoms with Crippen molar-refractivity contribution in [2.45, 2.75) is 146 Å². The van der Waals surface area contributed by atoms with Crippen LogP contribution in [-0.2, 0) is 28.7 Å². The summed E-state index contributed by atoms with van der Waals surface area (Å²) >= 11 is 0. The van der Waals surface area contributed by atoms with E-state index in [1.807, 2.05) is 12.2 Å². The van der Waals surface area contributed by atoms with Gasteiger partial charge in [-0.2, -0.15) is 0 Å². The second-order valence-corrected chi connectivity index (χ2v) is 12.2. The van der Waals surface area contributed by atoms with Crippen molar-refractivity contribution < 1.29 is 28.7 Å². The number of fused-ring (bicyclic) bond motifs is 3. The summed E-state index contributed by atoms with van der Waals surface area (Å²) in [6, 6.07) is -0.754. The summed E-state index contributed by atoms with van der Waals surface area (Å²) in [5, 5.41) is 0. The molecule has 0 aromatic carbocycles. The van der Waals surface area contributed by atoms with Gasteiger partial charge in [0, 0.05) is 19.4 Å². The van der Waals surface area contributed by atoms with Crippen molar-refractivity contribution in [3.05, 3.63) is 24.3 Å². The maximum Gasteiger partial charge on any atom is 0.329 e. The molecule has 0 aromatic heterocycles. The Bertz CT molecular complexity index is 920. The molecule has 4 aliphatic rings. The number of piperidine rings is 1. The van der Waals surface area contributed by atoms with Crippen LogP contribution in [0, 0.1) is 5.92 Å². The zero-order valence-corrected chi connectivity index (χ0v) is 24.2. The van der Waals surface area contributed by atoms with E-state index in [0.717, 1.165) is 64.2 Å². The Morgan fingerprint density at radius 1 is 0.725 bits per heavy atom. The first kappa shape index (κ1) is 30.7. The molecule has 1 saturated carbocycles. The molecule has 40 heavy (non-hydrogen) atoms. The van der Waals surface area contributed by atoms with Crippen molar-refractivity contribution in [3.8, 4) is 0 Å². The Balaban J connectivity index is 1.48. The highest BCUT2D eigenvalue weighted by Gasteiger charge is 2.40. The molecule has 2 bridgehead atoms. The van der Waals surface area contributed by atoms with Gasteiger partial charge in [-0.05, 0) is 95.5 Å². The largest absolute Gasteiger partial charge is 0.457 e. The van der Waals surface area contributed by atoms with Crippen LogP contribution in [0.1, 0.15) is 122 Å². The van der Waals surface area contributed by atoms with Gasteiger partial charge in [0.15, 0.2) is 0 Å². The number of ether oxygens (including phenoxy) is 2. The molecule has 2 saturated heterocycles. The first-order valence-corrected chi connectivity index (χ1v) is 16.1. The zero-order chi connectivity index (χ0) is 28.2. The van der Waals surface area contributed by atoms with Crippen LogP contribution in [0.4, 0.5) is 0 Å². The second kappa shape index (κ2) is 16.2. The van der Waals surface area contributed by atoms with Crippen LogP contribution in [0.3, 0.4) is 0 Å². The third-order valence-corrected chi connectivity index (χ3v) is 9.01. The molecule has 3 heterocycles. The van der Waals surface area contributed by atoms with Crippen LogP contribution in [0.5, 0.6) is 0 Å². The summed E-state index contributed by atoms with van der Waals surface area (Å²) in [6.07, 6.45) is 23.3. The minimum Gasteiger partial charge on any atom is -0.457 e. The number of nitrogens with zero attached hydrogens (tertiary/aromatic N) is 1. The number of allylic oxidation sites excluding steroid dienone is 3. The van der Waals surface area contributed by atoms with Crippen LogP contribution >= 0.6 is 0 Å². The number of carbonyl (C=O) groups excluding carboxylic acids is 4. The van der Waals surface area contributed by atoms with Crippen LogP contribution in [0.15, 0.2) is 24.3 Å². The maximum atomic E-state index is 13.5. The number of hydrogen-bond donors (Lipinski definition) is 0. The maximum absolute atomic E-state index is 13.5. The number of ketones is 2. The SMILES string of the molecule is O=C1CC=CCCCCC2CCCC(O2)C(=O)C(=O)N2CCCCC2C(=O)OC(C=CC2CCCCC2)CCC1. The smallest absolute Gasteiger partial charge is 0.329 e. The molecular weight excluding hydrogens is 506 g/mol. The van der Waals surface area contributed by atoms with E-state index in [0.29, 0.717) is 51.0 Å². The number of esters is 1. The summed E-state index contributed by atoms with van der Waals surface area (Å²) in [5.74, 6) is -0.878. The number of hydrogen-bond acceptors (Lipinski definition) is 6. The molecule has 1 aliphatic carbocycles. The minimum atomic E-state index is -0.754. The van der Waals surface area contributed by atoms with Gasteiger partial charge in [0.05, 0.1) is 6.10 Å². The average molecular weight is 556 g/mol. The van der Waals surface area contributed by atoms with Crippen LogP contribution < -0.4 is 0 Å². The Morgan fingerprint density at radius 3 is 2.35 bits per heavy atom. The molecule has 4 rings (SSSR count). The van der Waals surface area contributed by atoms with E-state index >= 15 is 0 Å². The van der Waals surface area contributed by atoms with Gasteiger partial charge in [-0.15, -0.1) is 0 Å². The predicted octanol–water partition coefficient (Wildman–Crippen LogP) is 6.18. The predicted molar refractivity (Wildman–Crippen MR) is 154 cm³/mol. The highest BCUT2D eigenvalue weighted by molar-refractivity contribution is 6.38. The van der Waals surface area contributed by atoms with Crippen molar-refractivity contribution in [2.75, 3.05) is 6.54 Å². The molecule has 3 aliphatic heterocycles. The molecule has 7 nitrogen and oxygen atoms in total. The van der Waals surface area contributed by atoms with Crippen molar-refractivity contribution in [2.24, 2.45) is 5.92 Å². The van der Waals surface area contributed by atoms with Gasteiger partial charge in [-0.1, -0.05) is 43.9 Å². The lowest BCUT2D eigenvalue weighted by Gasteiger charge is -2.36. The minimum absolute atomic E-state index is 0.0195. The first-order chi connectivity index (χ1) is 19.5. The van der Waals surface area contributed by atoms with E-state index in [1.54, 1.807) is 0 Å². The third-order valence-electron chi connectivity index (χ3n) is 9.01. The fourth-order valence-electron chi connectivity index (χ4n) is 6.60. The van der Waals surface area contributed by atoms with Gasteiger partial charge < -0.3 is 14.4 Å². The fraction of sp³-hybridized carbons (Fsp3) is 0.758. The zero-order valence-electron chi connectivity index (χ0n) is 24.2.